The van der Waals surface area contributed by atoms with Gasteiger partial charge in [-0.15, -0.1) is 0 Å². The molecule has 11 nitrogen and oxygen atoms in total. The SMILES string of the molecule is CC(C)c1ccncc1-c1cc(C2=CCCN(C(=O)CCN(N)/C=C\N)C2)c(F)c2[nH]c(C(=O)N3Cc4cnn(C)c4C3)cc12. The number of carbonyl (C=O) groups excluding carboxylic acids is 2. The van der Waals surface area contributed by atoms with Crippen molar-refractivity contribution in [2.45, 2.75) is 45.7 Å². The number of nitrogens with two attached hydrogens (primary N) is 2. The number of halogens is 1. The highest BCUT2D eigenvalue weighted by Gasteiger charge is 2.30. The second-order valence-corrected chi connectivity index (χ2v) is 11.9. The molecule has 0 aliphatic carbocycles. The van der Waals surface area contributed by atoms with Gasteiger partial charge >= 0.3 is 0 Å². The normalized spacial score (nSPS) is 14.9. The monoisotopic (exact) mass is 611 g/mol. The van der Waals surface area contributed by atoms with Crippen LogP contribution in [0.3, 0.4) is 0 Å². The number of fused-ring (bicyclic) bond motifs is 2. The van der Waals surface area contributed by atoms with Crippen molar-refractivity contribution >= 4 is 28.3 Å². The van der Waals surface area contributed by atoms with Gasteiger partial charge in [0.1, 0.15) is 5.69 Å². The summed E-state index contributed by atoms with van der Waals surface area (Å²) in [4.78, 5) is 37.8. The standard InChI is InChI=1S/C33H38FN9O2/c1-20(2)23-6-9-37-16-27(23)25-13-24(21-5-4-10-41(17-21)30(44)7-11-43(36)12-8-35)31(34)32-26(25)14-28(39-32)33(45)42-18-22-15-38-40(3)29(22)19-42/h5-6,8-9,12-16,20,39H,4,7,10-11,17-19,35-36H2,1-3H3/b12-8-. The molecule has 5 heterocycles. The molecule has 2 aliphatic heterocycles. The number of aromatic nitrogens is 4. The first-order valence-corrected chi connectivity index (χ1v) is 15.1. The minimum absolute atomic E-state index is 0.0768. The second kappa shape index (κ2) is 12.2. The van der Waals surface area contributed by atoms with Crippen LogP contribution in [-0.4, -0.2) is 66.0 Å². The minimum atomic E-state index is -0.460. The molecule has 0 spiro atoms. The zero-order valence-electron chi connectivity index (χ0n) is 25.8. The summed E-state index contributed by atoms with van der Waals surface area (Å²) in [6.07, 6.45) is 10.9. The van der Waals surface area contributed by atoms with Crippen molar-refractivity contribution < 1.29 is 14.0 Å². The molecule has 2 amide bonds. The second-order valence-electron chi connectivity index (χ2n) is 11.9. The highest BCUT2D eigenvalue weighted by molar-refractivity contribution is 6.05. The summed E-state index contributed by atoms with van der Waals surface area (Å²) in [5.74, 6) is 5.27. The van der Waals surface area contributed by atoms with Gasteiger partial charge in [-0.25, -0.2) is 10.2 Å². The van der Waals surface area contributed by atoms with Crippen molar-refractivity contribution in [1.29, 1.82) is 0 Å². The highest BCUT2D eigenvalue weighted by atomic mass is 19.1. The average molecular weight is 612 g/mol. The van der Waals surface area contributed by atoms with Crippen LogP contribution in [0.25, 0.3) is 27.6 Å². The summed E-state index contributed by atoms with van der Waals surface area (Å²) in [7, 11) is 1.86. The van der Waals surface area contributed by atoms with Gasteiger partial charge in [-0.1, -0.05) is 19.9 Å². The van der Waals surface area contributed by atoms with E-state index in [1.807, 2.05) is 25.3 Å². The van der Waals surface area contributed by atoms with Gasteiger partial charge in [0.25, 0.3) is 5.91 Å². The van der Waals surface area contributed by atoms with Crippen LogP contribution in [-0.2, 0) is 24.9 Å². The quantitative estimate of drug-likeness (QED) is 0.202. The topological polar surface area (TPSA) is 142 Å². The number of nitrogens with one attached hydrogen (secondary N) is 1. The molecule has 2 aliphatic rings. The summed E-state index contributed by atoms with van der Waals surface area (Å²) in [6.45, 7) is 6.18. The summed E-state index contributed by atoms with van der Waals surface area (Å²) in [6, 6.07) is 5.56. The van der Waals surface area contributed by atoms with Gasteiger partial charge in [0.2, 0.25) is 5.91 Å². The van der Waals surface area contributed by atoms with Crippen LogP contribution < -0.4 is 11.6 Å². The first-order chi connectivity index (χ1) is 21.7. The summed E-state index contributed by atoms with van der Waals surface area (Å²) in [5.41, 5.74) is 11.8. The molecule has 4 aromatic rings. The van der Waals surface area contributed by atoms with E-state index in [-0.39, 0.29) is 36.2 Å². The van der Waals surface area contributed by atoms with Crippen molar-refractivity contribution in [3.63, 3.8) is 0 Å². The third kappa shape index (κ3) is 5.68. The summed E-state index contributed by atoms with van der Waals surface area (Å²) in [5, 5.41) is 6.25. The van der Waals surface area contributed by atoms with E-state index < -0.39 is 5.82 Å². The van der Waals surface area contributed by atoms with Crippen LogP contribution in [0.15, 0.2) is 55.3 Å². The Hall–Kier alpha value is -4.97. The molecule has 0 saturated heterocycles. The van der Waals surface area contributed by atoms with Crippen molar-refractivity contribution in [2.75, 3.05) is 19.6 Å². The number of rotatable bonds is 8. The molecule has 45 heavy (non-hydrogen) atoms. The Morgan fingerprint density at radius 3 is 2.71 bits per heavy atom. The molecule has 0 atom stereocenters. The smallest absolute Gasteiger partial charge is 0.270 e. The Balaban J connectivity index is 1.39. The molecular formula is C33H38FN9O2. The van der Waals surface area contributed by atoms with E-state index >= 15 is 4.39 Å². The first kappa shape index (κ1) is 30.1. The molecule has 0 fully saturated rings. The molecule has 5 N–H and O–H groups in total. The van der Waals surface area contributed by atoms with Gasteiger partial charge < -0.3 is 25.5 Å². The molecule has 12 heteroatoms. The largest absolute Gasteiger partial charge is 0.403 e. The third-order valence-electron chi connectivity index (χ3n) is 8.70. The number of H-pyrrole nitrogens is 1. The number of hydrogen-bond donors (Lipinski definition) is 3. The van der Waals surface area contributed by atoms with E-state index in [1.54, 1.807) is 39.1 Å². The number of pyridine rings is 1. The predicted octanol–water partition coefficient (Wildman–Crippen LogP) is 3.99. The number of carbonyl (C=O) groups is 2. The van der Waals surface area contributed by atoms with E-state index in [0.717, 1.165) is 27.9 Å². The molecule has 6 rings (SSSR count). The van der Waals surface area contributed by atoms with E-state index in [9.17, 15) is 9.59 Å². The zero-order valence-corrected chi connectivity index (χ0v) is 25.8. The highest BCUT2D eigenvalue weighted by Crippen LogP contribution is 2.39. The van der Waals surface area contributed by atoms with Gasteiger partial charge in [-0.05, 0) is 47.2 Å². The number of benzene rings is 1. The van der Waals surface area contributed by atoms with E-state index in [2.05, 4.69) is 28.9 Å². The van der Waals surface area contributed by atoms with Crippen LogP contribution in [0.5, 0.6) is 0 Å². The Morgan fingerprint density at radius 2 is 1.96 bits per heavy atom. The number of nitrogens with zero attached hydrogens (tertiary/aromatic N) is 6. The minimum Gasteiger partial charge on any atom is -0.403 e. The zero-order chi connectivity index (χ0) is 31.8. The van der Waals surface area contributed by atoms with Gasteiger partial charge in [-0.3, -0.25) is 19.3 Å². The van der Waals surface area contributed by atoms with Crippen molar-refractivity contribution in [3.05, 3.63) is 89.2 Å². The van der Waals surface area contributed by atoms with Crippen LogP contribution in [0.1, 0.15) is 65.5 Å². The van der Waals surface area contributed by atoms with Crippen LogP contribution in [0.2, 0.25) is 0 Å². The van der Waals surface area contributed by atoms with Crippen molar-refractivity contribution in [1.82, 2.24) is 34.6 Å². The molecule has 1 aromatic carbocycles. The Bertz CT molecular complexity index is 1840. The Kier molecular flexibility index (Phi) is 8.15. The Morgan fingerprint density at radius 1 is 1.13 bits per heavy atom. The molecule has 0 radical (unpaired) electrons. The van der Waals surface area contributed by atoms with Crippen LogP contribution in [0.4, 0.5) is 4.39 Å². The molecular weight excluding hydrogens is 573 g/mol. The molecule has 234 valence electrons. The molecule has 0 bridgehead atoms. The maximum Gasteiger partial charge on any atom is 0.270 e. The predicted molar refractivity (Wildman–Crippen MR) is 170 cm³/mol. The van der Waals surface area contributed by atoms with E-state index in [1.165, 1.54) is 17.4 Å². The summed E-state index contributed by atoms with van der Waals surface area (Å²) >= 11 is 0. The lowest BCUT2D eigenvalue weighted by Crippen LogP contribution is -2.38. The summed E-state index contributed by atoms with van der Waals surface area (Å²) < 4.78 is 18.4. The number of hydrogen-bond acceptors (Lipinski definition) is 7. The van der Waals surface area contributed by atoms with Crippen molar-refractivity contribution in [2.24, 2.45) is 18.6 Å². The van der Waals surface area contributed by atoms with Gasteiger partial charge in [0.15, 0.2) is 5.82 Å². The third-order valence-corrected chi connectivity index (χ3v) is 8.70. The lowest BCUT2D eigenvalue weighted by molar-refractivity contribution is -0.130. The van der Waals surface area contributed by atoms with Gasteiger partial charge in [0.05, 0.1) is 24.0 Å². The average Bonchev–Trinajstić information content (AvgIpc) is 3.76. The lowest BCUT2D eigenvalue weighted by atomic mass is 9.89. The number of aromatic amines is 1. The Labute approximate surface area is 260 Å². The fraction of sp³-hybridized carbons (Fsp3) is 0.333. The maximum absolute atomic E-state index is 16.6. The lowest BCUT2D eigenvalue weighted by Gasteiger charge is -2.29. The maximum atomic E-state index is 16.6. The first-order valence-electron chi connectivity index (χ1n) is 15.1. The molecule has 0 unspecified atom stereocenters. The van der Waals surface area contributed by atoms with Gasteiger partial charge in [-0.2, -0.15) is 5.10 Å². The number of hydrazine groups is 1. The van der Waals surface area contributed by atoms with Crippen LogP contribution >= 0.6 is 0 Å². The number of amides is 2. The fourth-order valence-electron chi connectivity index (χ4n) is 6.29. The number of aryl methyl sites for hydroxylation is 1. The van der Waals surface area contributed by atoms with Crippen LogP contribution in [0, 0.1) is 5.82 Å². The fourth-order valence-corrected chi connectivity index (χ4v) is 6.29. The molecule has 0 saturated carbocycles. The van der Waals surface area contributed by atoms with E-state index in [4.69, 9.17) is 11.6 Å². The molecule has 3 aromatic heterocycles. The van der Waals surface area contributed by atoms with Gasteiger partial charge in [0, 0.05) is 86.5 Å². The van der Waals surface area contributed by atoms with Crippen molar-refractivity contribution in [3.8, 4) is 11.1 Å². The van der Waals surface area contributed by atoms with E-state index in [0.29, 0.717) is 54.8 Å².